The van der Waals surface area contributed by atoms with Crippen LogP contribution in [0.15, 0.2) is 67.0 Å². The minimum absolute atomic E-state index is 0.149. The lowest BCUT2D eigenvalue weighted by molar-refractivity contribution is 0.373. The van der Waals surface area contributed by atoms with Crippen molar-refractivity contribution in [2.75, 3.05) is 7.11 Å². The Kier molecular flexibility index (Phi) is 4.29. The SMILES string of the molecule is COc1ccc(-c2ccccc2C(C)c2ccncc2)cc1O. The number of benzene rings is 2. The molecule has 0 saturated carbocycles. The number of phenolic OH excluding ortho intramolecular Hbond substituents is 1. The summed E-state index contributed by atoms with van der Waals surface area (Å²) >= 11 is 0. The molecule has 116 valence electrons. The zero-order chi connectivity index (χ0) is 16.2. The van der Waals surface area contributed by atoms with E-state index in [0.717, 1.165) is 11.1 Å². The van der Waals surface area contributed by atoms with E-state index in [1.807, 2.05) is 42.7 Å². The predicted molar refractivity (Wildman–Crippen MR) is 91.8 cm³/mol. The molecule has 1 atom stereocenters. The lowest BCUT2D eigenvalue weighted by Crippen LogP contribution is -1.99. The fourth-order valence-electron chi connectivity index (χ4n) is 2.83. The second-order valence-electron chi connectivity index (χ2n) is 5.48. The van der Waals surface area contributed by atoms with Crippen molar-refractivity contribution in [2.24, 2.45) is 0 Å². The van der Waals surface area contributed by atoms with Gasteiger partial charge < -0.3 is 9.84 Å². The van der Waals surface area contributed by atoms with E-state index in [1.165, 1.54) is 11.1 Å². The Labute approximate surface area is 136 Å². The highest BCUT2D eigenvalue weighted by Gasteiger charge is 2.14. The lowest BCUT2D eigenvalue weighted by atomic mass is 9.87. The summed E-state index contributed by atoms with van der Waals surface area (Å²) in [6.45, 7) is 2.18. The van der Waals surface area contributed by atoms with Gasteiger partial charge in [-0.1, -0.05) is 37.3 Å². The van der Waals surface area contributed by atoms with Crippen LogP contribution in [0.3, 0.4) is 0 Å². The van der Waals surface area contributed by atoms with Crippen LogP contribution in [-0.2, 0) is 0 Å². The minimum Gasteiger partial charge on any atom is -0.504 e. The number of pyridine rings is 1. The summed E-state index contributed by atoms with van der Waals surface area (Å²) in [5.74, 6) is 0.864. The van der Waals surface area contributed by atoms with Gasteiger partial charge in [-0.2, -0.15) is 0 Å². The summed E-state index contributed by atoms with van der Waals surface area (Å²) in [5.41, 5.74) is 4.50. The topological polar surface area (TPSA) is 42.4 Å². The van der Waals surface area contributed by atoms with Crippen LogP contribution >= 0.6 is 0 Å². The van der Waals surface area contributed by atoms with Crippen LogP contribution in [0.5, 0.6) is 11.5 Å². The number of ether oxygens (including phenoxy) is 1. The molecule has 2 aromatic carbocycles. The predicted octanol–water partition coefficient (Wildman–Crippen LogP) is 4.61. The van der Waals surface area contributed by atoms with Crippen molar-refractivity contribution in [2.45, 2.75) is 12.8 Å². The van der Waals surface area contributed by atoms with E-state index < -0.39 is 0 Å². The fourth-order valence-corrected chi connectivity index (χ4v) is 2.83. The van der Waals surface area contributed by atoms with Gasteiger partial charge >= 0.3 is 0 Å². The molecule has 3 rings (SSSR count). The van der Waals surface area contributed by atoms with E-state index in [-0.39, 0.29) is 11.7 Å². The Hall–Kier alpha value is -2.81. The maximum absolute atomic E-state index is 10.1. The molecule has 0 aliphatic heterocycles. The Morgan fingerprint density at radius 2 is 1.74 bits per heavy atom. The van der Waals surface area contributed by atoms with Gasteiger partial charge in [-0.25, -0.2) is 0 Å². The van der Waals surface area contributed by atoms with Gasteiger partial charge in [0, 0.05) is 18.3 Å². The quantitative estimate of drug-likeness (QED) is 0.765. The molecule has 3 heteroatoms. The molecule has 3 aromatic rings. The Bertz CT molecular complexity index is 800. The van der Waals surface area contributed by atoms with E-state index >= 15 is 0 Å². The molecular weight excluding hydrogens is 286 g/mol. The van der Waals surface area contributed by atoms with Crippen LogP contribution in [0.1, 0.15) is 24.0 Å². The zero-order valence-corrected chi connectivity index (χ0v) is 13.2. The van der Waals surface area contributed by atoms with Gasteiger partial charge in [0.1, 0.15) is 0 Å². The highest BCUT2D eigenvalue weighted by molar-refractivity contribution is 5.71. The number of phenols is 1. The molecule has 1 unspecified atom stereocenters. The zero-order valence-electron chi connectivity index (χ0n) is 13.2. The van der Waals surface area contributed by atoms with Crippen LogP contribution in [0.2, 0.25) is 0 Å². The second kappa shape index (κ2) is 6.53. The van der Waals surface area contributed by atoms with Gasteiger partial charge in [-0.15, -0.1) is 0 Å². The monoisotopic (exact) mass is 305 g/mol. The molecule has 0 spiro atoms. The molecule has 0 bridgehead atoms. The summed E-state index contributed by atoms with van der Waals surface area (Å²) in [6.07, 6.45) is 3.63. The van der Waals surface area contributed by atoms with Crippen molar-refractivity contribution in [3.8, 4) is 22.6 Å². The summed E-state index contributed by atoms with van der Waals surface area (Å²) in [5, 5.41) is 10.1. The molecule has 0 fully saturated rings. The number of hydrogen-bond donors (Lipinski definition) is 1. The number of nitrogens with zero attached hydrogens (tertiary/aromatic N) is 1. The van der Waals surface area contributed by atoms with Crippen molar-refractivity contribution in [1.29, 1.82) is 0 Å². The third kappa shape index (κ3) is 3.04. The van der Waals surface area contributed by atoms with E-state index in [2.05, 4.69) is 24.0 Å². The molecule has 0 saturated heterocycles. The molecular formula is C20H19NO2. The van der Waals surface area contributed by atoms with Crippen molar-refractivity contribution < 1.29 is 9.84 Å². The number of rotatable bonds is 4. The maximum atomic E-state index is 10.1. The number of aromatic hydroxyl groups is 1. The number of aromatic nitrogens is 1. The van der Waals surface area contributed by atoms with Crippen molar-refractivity contribution in [1.82, 2.24) is 4.98 Å². The van der Waals surface area contributed by atoms with Gasteiger partial charge in [0.25, 0.3) is 0 Å². The van der Waals surface area contributed by atoms with E-state index in [0.29, 0.717) is 5.75 Å². The highest BCUT2D eigenvalue weighted by atomic mass is 16.5. The lowest BCUT2D eigenvalue weighted by Gasteiger charge is -2.17. The molecule has 1 aromatic heterocycles. The van der Waals surface area contributed by atoms with Crippen molar-refractivity contribution in [3.05, 3.63) is 78.1 Å². The Balaban J connectivity index is 2.06. The summed E-state index contributed by atoms with van der Waals surface area (Å²) in [7, 11) is 1.55. The molecule has 23 heavy (non-hydrogen) atoms. The van der Waals surface area contributed by atoms with Crippen LogP contribution in [0.25, 0.3) is 11.1 Å². The van der Waals surface area contributed by atoms with Crippen LogP contribution in [-0.4, -0.2) is 17.2 Å². The van der Waals surface area contributed by atoms with Crippen molar-refractivity contribution in [3.63, 3.8) is 0 Å². The molecule has 3 nitrogen and oxygen atoms in total. The smallest absolute Gasteiger partial charge is 0.160 e. The van der Waals surface area contributed by atoms with Crippen LogP contribution in [0, 0.1) is 0 Å². The Morgan fingerprint density at radius 1 is 1.00 bits per heavy atom. The number of hydrogen-bond acceptors (Lipinski definition) is 3. The van der Waals surface area contributed by atoms with Gasteiger partial charge in [-0.3, -0.25) is 4.98 Å². The first-order valence-electron chi connectivity index (χ1n) is 7.57. The van der Waals surface area contributed by atoms with Crippen LogP contribution in [0.4, 0.5) is 0 Å². The van der Waals surface area contributed by atoms with Gasteiger partial charge in [0.2, 0.25) is 0 Å². The molecule has 1 N–H and O–H groups in total. The second-order valence-corrected chi connectivity index (χ2v) is 5.48. The first-order chi connectivity index (χ1) is 11.2. The maximum Gasteiger partial charge on any atom is 0.160 e. The minimum atomic E-state index is 0.149. The average molecular weight is 305 g/mol. The summed E-state index contributed by atoms with van der Waals surface area (Å²) < 4.78 is 5.13. The van der Waals surface area contributed by atoms with Crippen LogP contribution < -0.4 is 4.74 Å². The fraction of sp³-hybridized carbons (Fsp3) is 0.150. The van der Waals surface area contributed by atoms with Gasteiger partial charge in [0.15, 0.2) is 11.5 Å². The standard InChI is InChI=1S/C20H19NO2/c1-14(15-9-11-21-12-10-15)17-5-3-4-6-18(17)16-7-8-20(23-2)19(22)13-16/h3-14,22H,1-2H3. The highest BCUT2D eigenvalue weighted by Crippen LogP contribution is 2.36. The number of methoxy groups -OCH3 is 1. The molecule has 0 aliphatic rings. The first kappa shape index (κ1) is 15.1. The van der Waals surface area contributed by atoms with E-state index in [1.54, 1.807) is 19.2 Å². The molecule has 0 amide bonds. The largest absolute Gasteiger partial charge is 0.504 e. The normalized spacial score (nSPS) is 11.9. The Morgan fingerprint density at radius 3 is 2.43 bits per heavy atom. The molecule has 1 heterocycles. The summed E-state index contributed by atoms with van der Waals surface area (Å²) in [4.78, 5) is 4.09. The molecule has 0 radical (unpaired) electrons. The third-order valence-electron chi connectivity index (χ3n) is 4.12. The summed E-state index contributed by atoms with van der Waals surface area (Å²) in [6, 6.07) is 17.8. The van der Waals surface area contributed by atoms with E-state index in [9.17, 15) is 5.11 Å². The molecule has 0 aliphatic carbocycles. The average Bonchev–Trinajstić information content (AvgIpc) is 2.62. The van der Waals surface area contributed by atoms with E-state index in [4.69, 9.17) is 4.74 Å². The van der Waals surface area contributed by atoms with Gasteiger partial charge in [0.05, 0.1) is 7.11 Å². The third-order valence-corrected chi connectivity index (χ3v) is 4.12. The van der Waals surface area contributed by atoms with Crippen molar-refractivity contribution >= 4 is 0 Å². The van der Waals surface area contributed by atoms with Gasteiger partial charge in [-0.05, 0) is 46.5 Å². The first-order valence-corrected chi connectivity index (χ1v) is 7.57.